The number of nitrogens with zero attached hydrogens (tertiary/aromatic N) is 2. The van der Waals surface area contributed by atoms with Crippen molar-refractivity contribution in [3.63, 3.8) is 0 Å². The van der Waals surface area contributed by atoms with Crippen molar-refractivity contribution in [3.05, 3.63) is 35.6 Å². The maximum Gasteiger partial charge on any atom is 0.234 e. The molecule has 1 heterocycles. The summed E-state index contributed by atoms with van der Waals surface area (Å²) in [7, 11) is 0. The van der Waals surface area contributed by atoms with Gasteiger partial charge in [-0.15, -0.1) is 0 Å². The van der Waals surface area contributed by atoms with Crippen molar-refractivity contribution in [3.8, 4) is 0 Å². The molecule has 1 saturated heterocycles. The van der Waals surface area contributed by atoms with Gasteiger partial charge in [0.1, 0.15) is 5.82 Å². The lowest BCUT2D eigenvalue weighted by Gasteiger charge is -2.27. The molecule has 2 atom stereocenters. The third-order valence-corrected chi connectivity index (χ3v) is 5.62. The fourth-order valence-corrected chi connectivity index (χ4v) is 4.11. The second kappa shape index (κ2) is 6.28. The lowest BCUT2D eigenvalue weighted by atomic mass is 9.81. The molecule has 4 nitrogen and oxygen atoms in total. The molecule has 2 saturated carbocycles. The van der Waals surface area contributed by atoms with E-state index in [2.05, 4.69) is 4.90 Å². The minimum absolute atomic E-state index is 0.0226. The highest BCUT2D eigenvalue weighted by molar-refractivity contribution is 6.05. The molecule has 24 heavy (non-hydrogen) atoms. The Hall–Kier alpha value is -1.75. The molecule has 5 heteroatoms. The predicted octanol–water partition coefficient (Wildman–Crippen LogP) is 2.92. The molecular weight excluding hydrogens is 307 g/mol. The highest BCUT2D eigenvalue weighted by Gasteiger charge is 2.49. The zero-order chi connectivity index (χ0) is 16.7. The molecule has 0 bridgehead atoms. The monoisotopic (exact) mass is 330 g/mol. The maximum absolute atomic E-state index is 13.1. The quantitative estimate of drug-likeness (QED) is 0.780. The Morgan fingerprint density at radius 2 is 1.54 bits per heavy atom. The molecule has 0 unspecified atom stereocenters. The number of halogens is 1. The van der Waals surface area contributed by atoms with Crippen molar-refractivity contribution < 1.29 is 14.0 Å². The van der Waals surface area contributed by atoms with Crippen molar-refractivity contribution in [2.24, 2.45) is 11.8 Å². The summed E-state index contributed by atoms with van der Waals surface area (Å²) in [6, 6.07) is 6.90. The number of rotatable bonds is 5. The van der Waals surface area contributed by atoms with Crippen molar-refractivity contribution in [2.45, 2.75) is 51.1 Å². The molecule has 2 aliphatic carbocycles. The van der Waals surface area contributed by atoms with E-state index in [0.29, 0.717) is 19.3 Å². The summed E-state index contributed by atoms with van der Waals surface area (Å²) in [5.74, 6) is -0.370. The van der Waals surface area contributed by atoms with Gasteiger partial charge in [0.15, 0.2) is 0 Å². The summed E-state index contributed by atoms with van der Waals surface area (Å²) in [5.41, 5.74) is 1.01. The van der Waals surface area contributed by atoms with Gasteiger partial charge in [-0.2, -0.15) is 0 Å². The van der Waals surface area contributed by atoms with Crippen LogP contribution in [0.15, 0.2) is 24.3 Å². The van der Waals surface area contributed by atoms with E-state index < -0.39 is 0 Å². The number of carbonyl (C=O) groups excluding carboxylic acids is 2. The first-order valence-corrected chi connectivity index (χ1v) is 8.97. The average Bonchev–Trinajstić information content (AvgIpc) is 3.41. The van der Waals surface area contributed by atoms with Gasteiger partial charge in [0.2, 0.25) is 11.8 Å². The van der Waals surface area contributed by atoms with Crippen LogP contribution < -0.4 is 0 Å². The van der Waals surface area contributed by atoms with E-state index in [0.717, 1.165) is 44.1 Å². The zero-order valence-electron chi connectivity index (χ0n) is 13.8. The van der Waals surface area contributed by atoms with Crippen LogP contribution in [-0.2, 0) is 16.1 Å². The normalized spacial score (nSPS) is 27.0. The number of hydrogen-bond donors (Lipinski definition) is 0. The summed E-state index contributed by atoms with van der Waals surface area (Å²) < 4.78 is 13.1. The molecule has 128 valence electrons. The minimum Gasteiger partial charge on any atom is -0.278 e. The second-order valence-corrected chi connectivity index (χ2v) is 7.35. The standard InChI is InChI=1S/C19H23FN2O2/c20-14-7-5-13(6-8-14)11-21(15-9-10-15)12-22-18(23)16-3-1-2-4-17(16)19(22)24/h5-8,15-17H,1-4,9-12H2/t16-,17-/m0/s1. The van der Waals surface area contributed by atoms with Crippen LogP contribution in [0.4, 0.5) is 4.39 Å². The molecule has 1 aliphatic heterocycles. The molecule has 4 rings (SSSR count). The molecule has 0 radical (unpaired) electrons. The lowest BCUT2D eigenvalue weighted by molar-refractivity contribution is -0.142. The Morgan fingerprint density at radius 1 is 0.958 bits per heavy atom. The van der Waals surface area contributed by atoms with E-state index in [1.165, 1.54) is 17.0 Å². The van der Waals surface area contributed by atoms with E-state index in [1.807, 2.05) is 0 Å². The average molecular weight is 330 g/mol. The Kier molecular flexibility index (Phi) is 4.12. The first-order chi connectivity index (χ1) is 11.6. The number of hydrogen-bond acceptors (Lipinski definition) is 3. The van der Waals surface area contributed by atoms with E-state index in [4.69, 9.17) is 0 Å². The van der Waals surface area contributed by atoms with Crippen LogP contribution in [0.3, 0.4) is 0 Å². The Bertz CT molecular complexity index is 617. The first-order valence-electron chi connectivity index (χ1n) is 8.97. The number of likely N-dealkylation sites (tertiary alicyclic amines) is 1. The van der Waals surface area contributed by atoms with E-state index in [9.17, 15) is 14.0 Å². The Morgan fingerprint density at radius 3 is 2.08 bits per heavy atom. The molecule has 3 aliphatic rings. The third-order valence-electron chi connectivity index (χ3n) is 5.62. The summed E-state index contributed by atoms with van der Waals surface area (Å²) >= 11 is 0. The first kappa shape index (κ1) is 15.8. The smallest absolute Gasteiger partial charge is 0.234 e. The van der Waals surface area contributed by atoms with Crippen LogP contribution in [0.5, 0.6) is 0 Å². The zero-order valence-corrected chi connectivity index (χ0v) is 13.8. The van der Waals surface area contributed by atoms with Crippen molar-refractivity contribution in [1.29, 1.82) is 0 Å². The topological polar surface area (TPSA) is 40.6 Å². The van der Waals surface area contributed by atoms with Crippen LogP contribution in [0.1, 0.15) is 44.1 Å². The summed E-state index contributed by atoms with van der Waals surface area (Å²) in [6.45, 7) is 1.03. The van der Waals surface area contributed by atoms with E-state index in [-0.39, 0.29) is 29.5 Å². The number of fused-ring (bicyclic) bond motifs is 1. The Labute approximate surface area is 141 Å². The van der Waals surface area contributed by atoms with Gasteiger partial charge in [0, 0.05) is 12.6 Å². The largest absolute Gasteiger partial charge is 0.278 e. The fourth-order valence-electron chi connectivity index (χ4n) is 4.11. The highest BCUT2D eigenvalue weighted by Crippen LogP contribution is 2.39. The number of benzene rings is 1. The van der Waals surface area contributed by atoms with Gasteiger partial charge in [-0.25, -0.2) is 4.39 Å². The van der Waals surface area contributed by atoms with Gasteiger partial charge in [-0.3, -0.25) is 19.4 Å². The summed E-state index contributed by atoms with van der Waals surface area (Å²) in [4.78, 5) is 29.0. The molecule has 3 fully saturated rings. The SMILES string of the molecule is O=C1[C@H]2CCCC[C@@H]2C(=O)N1CN(Cc1ccc(F)cc1)C1CC1. The molecule has 1 aromatic carbocycles. The highest BCUT2D eigenvalue weighted by atomic mass is 19.1. The number of carbonyl (C=O) groups is 2. The van der Waals surface area contributed by atoms with Gasteiger partial charge in [-0.1, -0.05) is 25.0 Å². The maximum atomic E-state index is 13.1. The molecular formula is C19H23FN2O2. The number of imide groups is 1. The van der Waals surface area contributed by atoms with Gasteiger partial charge in [-0.05, 0) is 43.4 Å². The fraction of sp³-hybridized carbons (Fsp3) is 0.579. The van der Waals surface area contributed by atoms with E-state index in [1.54, 1.807) is 12.1 Å². The molecule has 0 N–H and O–H groups in total. The number of amides is 2. The molecule has 0 spiro atoms. The minimum atomic E-state index is -0.245. The molecule has 2 amide bonds. The van der Waals surface area contributed by atoms with Crippen LogP contribution in [0.2, 0.25) is 0 Å². The van der Waals surface area contributed by atoms with Gasteiger partial charge >= 0.3 is 0 Å². The predicted molar refractivity (Wildman–Crippen MR) is 87.1 cm³/mol. The van der Waals surface area contributed by atoms with Crippen LogP contribution in [0, 0.1) is 17.7 Å². The van der Waals surface area contributed by atoms with Gasteiger partial charge in [0.05, 0.1) is 18.5 Å². The van der Waals surface area contributed by atoms with Crippen LogP contribution >= 0.6 is 0 Å². The van der Waals surface area contributed by atoms with Gasteiger partial charge < -0.3 is 0 Å². The van der Waals surface area contributed by atoms with Crippen molar-refractivity contribution in [1.82, 2.24) is 9.80 Å². The Balaban J connectivity index is 1.48. The molecule has 1 aromatic rings. The van der Waals surface area contributed by atoms with Crippen molar-refractivity contribution >= 4 is 11.8 Å². The van der Waals surface area contributed by atoms with Gasteiger partial charge in [0.25, 0.3) is 0 Å². The van der Waals surface area contributed by atoms with Crippen molar-refractivity contribution in [2.75, 3.05) is 6.67 Å². The third kappa shape index (κ3) is 2.97. The summed E-state index contributed by atoms with van der Waals surface area (Å²) in [5, 5.41) is 0. The van der Waals surface area contributed by atoms with Crippen LogP contribution in [-0.4, -0.2) is 34.3 Å². The second-order valence-electron chi connectivity index (χ2n) is 7.35. The summed E-state index contributed by atoms with van der Waals surface area (Å²) in [6.07, 6.45) is 6.01. The van der Waals surface area contributed by atoms with E-state index >= 15 is 0 Å². The van der Waals surface area contributed by atoms with Crippen LogP contribution in [0.25, 0.3) is 0 Å². The molecule has 0 aromatic heterocycles. The lowest BCUT2D eigenvalue weighted by Crippen LogP contribution is -2.42.